The maximum atomic E-state index is 11.1. The second-order valence-corrected chi connectivity index (χ2v) is 8.60. The van der Waals surface area contributed by atoms with Gasteiger partial charge in [0, 0.05) is 17.0 Å². The van der Waals surface area contributed by atoms with Gasteiger partial charge in [-0.15, -0.1) is 11.3 Å². The molecule has 0 bridgehead atoms. The molecule has 0 saturated carbocycles. The Balaban J connectivity index is 1.72. The van der Waals surface area contributed by atoms with Gasteiger partial charge in [-0.1, -0.05) is 48.3 Å². The summed E-state index contributed by atoms with van der Waals surface area (Å²) in [6.45, 7) is 2.63. The van der Waals surface area contributed by atoms with E-state index < -0.39 is 5.97 Å². The van der Waals surface area contributed by atoms with Crippen molar-refractivity contribution < 1.29 is 9.90 Å². The minimum atomic E-state index is -0.965. The molecule has 2 aromatic carbocycles. The topological polar surface area (TPSA) is 75.1 Å². The summed E-state index contributed by atoms with van der Waals surface area (Å²) in [5, 5.41) is 14.5. The molecule has 0 aliphatic carbocycles. The normalized spacial score (nSPS) is 11.0. The highest BCUT2D eigenvalue weighted by atomic mass is 35.5. The van der Waals surface area contributed by atoms with Crippen LogP contribution in [0.15, 0.2) is 48.5 Å². The zero-order chi connectivity index (χ0) is 21.3. The smallest absolute Gasteiger partial charge is 0.335 e. The van der Waals surface area contributed by atoms with Crippen LogP contribution in [0.5, 0.6) is 0 Å². The number of nitrogens with one attached hydrogen (secondary N) is 1. The van der Waals surface area contributed by atoms with Crippen LogP contribution in [0.4, 0.5) is 5.82 Å². The lowest BCUT2D eigenvalue weighted by atomic mass is 10.1. The molecule has 152 valence electrons. The zero-order valence-electron chi connectivity index (χ0n) is 15.9. The van der Waals surface area contributed by atoms with Crippen molar-refractivity contribution in [3.05, 3.63) is 74.6 Å². The van der Waals surface area contributed by atoms with Crippen molar-refractivity contribution in [2.75, 3.05) is 5.32 Å². The number of thiophene rings is 1. The van der Waals surface area contributed by atoms with E-state index in [1.165, 1.54) is 4.88 Å². The number of aromatic carboxylic acids is 1. The van der Waals surface area contributed by atoms with Gasteiger partial charge in [-0.05, 0) is 42.3 Å². The minimum absolute atomic E-state index is 0.224. The summed E-state index contributed by atoms with van der Waals surface area (Å²) in [5.74, 6) is 0.299. The first kappa shape index (κ1) is 20.6. The number of carboxylic acids is 1. The molecule has 0 aliphatic rings. The minimum Gasteiger partial charge on any atom is -0.478 e. The van der Waals surface area contributed by atoms with Crippen LogP contribution in [0, 0.1) is 0 Å². The number of fused-ring (bicyclic) bond motifs is 1. The van der Waals surface area contributed by atoms with Crippen LogP contribution in [0.2, 0.25) is 10.0 Å². The molecule has 0 unspecified atom stereocenters. The maximum absolute atomic E-state index is 11.1. The highest BCUT2D eigenvalue weighted by molar-refractivity contribution is 7.18. The van der Waals surface area contributed by atoms with Crippen LogP contribution in [0.1, 0.15) is 27.7 Å². The van der Waals surface area contributed by atoms with Gasteiger partial charge in [0.2, 0.25) is 0 Å². The highest BCUT2D eigenvalue weighted by Gasteiger charge is 2.14. The standard InChI is InChI=1S/C22H17Cl2N3O2S/c1-2-15-10-16-20(25-11-12-3-8-17(23)18(24)9-12)26-19(27-21(16)30-15)13-4-6-14(7-5-13)22(28)29/h3-10H,2,11H2,1H3,(H,28,29)(H,25,26,27). The van der Waals surface area contributed by atoms with Gasteiger partial charge in [-0.3, -0.25) is 0 Å². The molecule has 2 N–H and O–H groups in total. The van der Waals surface area contributed by atoms with Crippen LogP contribution in [0.25, 0.3) is 21.6 Å². The number of benzene rings is 2. The quantitative estimate of drug-likeness (QED) is 0.343. The van der Waals surface area contributed by atoms with Crippen molar-refractivity contribution in [1.29, 1.82) is 0 Å². The number of aryl methyl sites for hydroxylation is 1. The molecule has 0 aliphatic heterocycles. The Morgan fingerprint density at radius 3 is 2.50 bits per heavy atom. The molecule has 4 aromatic rings. The fraction of sp³-hybridized carbons (Fsp3) is 0.136. The van der Waals surface area contributed by atoms with Gasteiger partial charge in [0.15, 0.2) is 5.82 Å². The van der Waals surface area contributed by atoms with Gasteiger partial charge in [0.25, 0.3) is 0 Å². The van der Waals surface area contributed by atoms with E-state index in [1.807, 2.05) is 12.1 Å². The van der Waals surface area contributed by atoms with Crippen LogP contribution < -0.4 is 5.32 Å². The molecule has 2 heterocycles. The molecule has 4 rings (SSSR count). The molecule has 0 amide bonds. The number of carbonyl (C=O) groups is 1. The molecule has 0 atom stereocenters. The number of aromatic nitrogens is 2. The third-order valence-corrected chi connectivity index (χ3v) is 6.54. The predicted molar refractivity (Wildman–Crippen MR) is 123 cm³/mol. The summed E-state index contributed by atoms with van der Waals surface area (Å²) in [4.78, 5) is 22.7. The van der Waals surface area contributed by atoms with E-state index in [-0.39, 0.29) is 5.56 Å². The monoisotopic (exact) mass is 457 g/mol. The number of halogens is 2. The number of anilines is 1. The Kier molecular flexibility index (Phi) is 5.90. The molecule has 0 saturated heterocycles. The molecule has 8 heteroatoms. The molecular formula is C22H17Cl2N3O2S. The van der Waals surface area contributed by atoms with Gasteiger partial charge < -0.3 is 10.4 Å². The van der Waals surface area contributed by atoms with Crippen molar-refractivity contribution in [2.24, 2.45) is 0 Å². The molecule has 5 nitrogen and oxygen atoms in total. The lowest BCUT2D eigenvalue weighted by molar-refractivity contribution is 0.0697. The fourth-order valence-electron chi connectivity index (χ4n) is 3.01. The van der Waals surface area contributed by atoms with Gasteiger partial charge in [-0.25, -0.2) is 14.8 Å². The second kappa shape index (κ2) is 8.60. The average Bonchev–Trinajstić information content (AvgIpc) is 3.18. The number of nitrogens with zero attached hydrogens (tertiary/aromatic N) is 2. The van der Waals surface area contributed by atoms with Gasteiger partial charge in [-0.2, -0.15) is 0 Å². The first-order valence-electron chi connectivity index (χ1n) is 9.26. The van der Waals surface area contributed by atoms with Crippen LogP contribution in [-0.4, -0.2) is 21.0 Å². The lowest BCUT2D eigenvalue weighted by Crippen LogP contribution is -2.04. The van der Waals surface area contributed by atoms with Crippen molar-refractivity contribution in [3.8, 4) is 11.4 Å². The van der Waals surface area contributed by atoms with E-state index in [1.54, 1.807) is 41.7 Å². The van der Waals surface area contributed by atoms with E-state index in [0.717, 1.165) is 33.6 Å². The summed E-state index contributed by atoms with van der Waals surface area (Å²) >= 11 is 13.8. The molecule has 0 radical (unpaired) electrons. The van der Waals surface area contributed by atoms with E-state index >= 15 is 0 Å². The Bertz CT molecular complexity index is 1240. The van der Waals surface area contributed by atoms with Crippen molar-refractivity contribution in [3.63, 3.8) is 0 Å². The SMILES string of the molecule is CCc1cc2c(NCc3ccc(Cl)c(Cl)c3)nc(-c3ccc(C(=O)O)cc3)nc2s1. The number of rotatable bonds is 6. The molecule has 0 spiro atoms. The van der Waals surface area contributed by atoms with E-state index in [4.69, 9.17) is 38.3 Å². The Labute approximate surface area is 187 Å². The van der Waals surface area contributed by atoms with E-state index in [2.05, 4.69) is 18.3 Å². The molecule has 30 heavy (non-hydrogen) atoms. The fourth-order valence-corrected chi connectivity index (χ4v) is 4.29. The summed E-state index contributed by atoms with van der Waals surface area (Å²) < 4.78 is 0. The van der Waals surface area contributed by atoms with Crippen LogP contribution in [-0.2, 0) is 13.0 Å². The van der Waals surface area contributed by atoms with Crippen molar-refractivity contribution in [1.82, 2.24) is 9.97 Å². The average molecular weight is 458 g/mol. The van der Waals surface area contributed by atoms with Crippen molar-refractivity contribution >= 4 is 56.5 Å². The van der Waals surface area contributed by atoms with Gasteiger partial charge in [0.1, 0.15) is 10.6 Å². The third kappa shape index (κ3) is 4.26. The first-order chi connectivity index (χ1) is 14.4. The number of hydrogen-bond acceptors (Lipinski definition) is 5. The lowest BCUT2D eigenvalue weighted by Gasteiger charge is -2.10. The Hall–Kier alpha value is -2.67. The largest absolute Gasteiger partial charge is 0.478 e. The molecule has 0 fully saturated rings. The number of hydrogen-bond donors (Lipinski definition) is 2. The number of carboxylic acid groups (broad SMARTS) is 1. The van der Waals surface area contributed by atoms with E-state index in [9.17, 15) is 4.79 Å². The predicted octanol–water partition coefficient (Wildman–Crippen LogP) is 6.54. The maximum Gasteiger partial charge on any atom is 0.335 e. The van der Waals surface area contributed by atoms with Gasteiger partial charge >= 0.3 is 5.97 Å². The second-order valence-electron chi connectivity index (χ2n) is 6.67. The summed E-state index contributed by atoms with van der Waals surface area (Å²) in [6, 6.07) is 14.2. The Morgan fingerprint density at radius 2 is 1.83 bits per heavy atom. The third-order valence-electron chi connectivity index (χ3n) is 4.63. The van der Waals surface area contributed by atoms with Crippen LogP contribution >= 0.6 is 34.5 Å². The summed E-state index contributed by atoms with van der Waals surface area (Å²) in [7, 11) is 0. The highest BCUT2D eigenvalue weighted by Crippen LogP contribution is 2.32. The van der Waals surface area contributed by atoms with Crippen molar-refractivity contribution in [2.45, 2.75) is 19.9 Å². The molecular weight excluding hydrogens is 441 g/mol. The zero-order valence-corrected chi connectivity index (χ0v) is 18.3. The van der Waals surface area contributed by atoms with Gasteiger partial charge in [0.05, 0.1) is 21.0 Å². The summed E-state index contributed by atoms with van der Waals surface area (Å²) in [6.07, 6.45) is 0.913. The van der Waals surface area contributed by atoms with E-state index in [0.29, 0.717) is 22.4 Å². The molecule has 2 aromatic heterocycles. The summed E-state index contributed by atoms with van der Waals surface area (Å²) in [5.41, 5.74) is 1.96. The Morgan fingerprint density at radius 1 is 1.07 bits per heavy atom. The first-order valence-corrected chi connectivity index (χ1v) is 10.8. The van der Waals surface area contributed by atoms with Crippen LogP contribution in [0.3, 0.4) is 0 Å².